The fraction of sp³-hybridized carbons (Fsp3) is 0.235. The smallest absolute Gasteiger partial charge is 0.372 e. The summed E-state index contributed by atoms with van der Waals surface area (Å²) >= 11 is 3.52. The number of aryl methyl sites for hydroxylation is 1. The summed E-state index contributed by atoms with van der Waals surface area (Å²) in [6.45, 7) is 5.60. The van der Waals surface area contributed by atoms with E-state index in [0.29, 0.717) is 11.4 Å². The molecule has 2 aromatic rings. The molecule has 0 bridgehead atoms. The number of aromatic nitrogens is 1. The van der Waals surface area contributed by atoms with E-state index in [1.165, 1.54) is 0 Å². The molecule has 24 heavy (non-hydrogen) atoms. The summed E-state index contributed by atoms with van der Waals surface area (Å²) in [6, 6.07) is 7.04. The molecule has 0 aliphatic rings. The van der Waals surface area contributed by atoms with Gasteiger partial charge in [-0.25, -0.2) is 4.79 Å². The van der Waals surface area contributed by atoms with E-state index in [4.69, 9.17) is 15.3 Å². The molecule has 126 valence electrons. The molecule has 0 aliphatic carbocycles. The van der Waals surface area contributed by atoms with Crippen molar-refractivity contribution < 1.29 is 14.4 Å². The molecular formula is C17H18BrN3O3. The predicted molar refractivity (Wildman–Crippen MR) is 94.9 cm³/mol. The minimum atomic E-state index is -0.647. The minimum Gasteiger partial charge on any atom is -0.482 e. The highest BCUT2D eigenvalue weighted by atomic mass is 79.9. The number of rotatable bonds is 5. The first-order valence-electron chi connectivity index (χ1n) is 7.24. The Hall–Kier alpha value is -2.41. The van der Waals surface area contributed by atoms with Crippen LogP contribution in [0.2, 0.25) is 0 Å². The van der Waals surface area contributed by atoms with Gasteiger partial charge in [0.25, 0.3) is 0 Å². The Morgan fingerprint density at radius 3 is 2.71 bits per heavy atom. The Balaban J connectivity index is 1.97. The molecule has 0 atom stereocenters. The molecule has 0 aliphatic heterocycles. The molecule has 0 unspecified atom stereocenters. The van der Waals surface area contributed by atoms with Crippen LogP contribution in [0.3, 0.4) is 0 Å². The summed E-state index contributed by atoms with van der Waals surface area (Å²) in [5.41, 5.74) is 9.17. The third-order valence-electron chi connectivity index (χ3n) is 3.47. The number of ether oxygens (including phenoxy) is 1. The normalized spacial score (nSPS) is 11.2. The molecule has 0 fully saturated rings. The quantitative estimate of drug-likeness (QED) is 0.366. The molecule has 0 saturated carbocycles. The van der Waals surface area contributed by atoms with Gasteiger partial charge in [-0.05, 0) is 55.7 Å². The molecule has 2 N–H and O–H groups in total. The molecule has 7 heteroatoms. The zero-order valence-electron chi connectivity index (χ0n) is 13.7. The van der Waals surface area contributed by atoms with Crippen molar-refractivity contribution in [3.05, 3.63) is 57.3 Å². The first kappa shape index (κ1) is 17.9. The molecule has 1 aromatic heterocycles. The van der Waals surface area contributed by atoms with E-state index in [-0.39, 0.29) is 12.4 Å². The SMILES string of the molecule is Cc1cc(OCC(=O)O/N=C(\N)c2ccccn2)c(C)c(C)c1Br. The van der Waals surface area contributed by atoms with Crippen molar-refractivity contribution in [2.45, 2.75) is 20.8 Å². The van der Waals surface area contributed by atoms with Crippen molar-refractivity contribution in [2.75, 3.05) is 6.61 Å². The minimum absolute atomic E-state index is 0.0236. The van der Waals surface area contributed by atoms with Crippen LogP contribution in [-0.4, -0.2) is 23.4 Å². The van der Waals surface area contributed by atoms with E-state index >= 15 is 0 Å². The second kappa shape index (κ2) is 7.92. The van der Waals surface area contributed by atoms with Crippen LogP contribution in [0.4, 0.5) is 0 Å². The van der Waals surface area contributed by atoms with Gasteiger partial charge in [-0.3, -0.25) is 4.98 Å². The Bertz CT molecular complexity index is 776. The monoisotopic (exact) mass is 391 g/mol. The number of carbonyl (C=O) groups excluding carboxylic acids is 1. The van der Waals surface area contributed by atoms with Crippen LogP contribution < -0.4 is 10.5 Å². The lowest BCUT2D eigenvalue weighted by atomic mass is 10.1. The maximum Gasteiger partial charge on any atom is 0.372 e. The van der Waals surface area contributed by atoms with Crippen LogP contribution in [0.15, 0.2) is 40.1 Å². The second-order valence-electron chi connectivity index (χ2n) is 5.20. The lowest BCUT2D eigenvalue weighted by Crippen LogP contribution is -2.19. The van der Waals surface area contributed by atoms with Crippen molar-refractivity contribution in [3.63, 3.8) is 0 Å². The number of hydrogen-bond acceptors (Lipinski definition) is 5. The van der Waals surface area contributed by atoms with Gasteiger partial charge in [0.2, 0.25) is 0 Å². The van der Waals surface area contributed by atoms with E-state index in [9.17, 15) is 4.79 Å². The first-order valence-corrected chi connectivity index (χ1v) is 8.03. The van der Waals surface area contributed by atoms with E-state index in [0.717, 1.165) is 21.2 Å². The summed E-state index contributed by atoms with van der Waals surface area (Å²) < 4.78 is 6.56. The van der Waals surface area contributed by atoms with Gasteiger partial charge in [-0.1, -0.05) is 27.2 Å². The van der Waals surface area contributed by atoms with E-state index < -0.39 is 5.97 Å². The zero-order valence-corrected chi connectivity index (χ0v) is 15.3. The van der Waals surface area contributed by atoms with Crippen molar-refractivity contribution in [1.29, 1.82) is 0 Å². The van der Waals surface area contributed by atoms with Gasteiger partial charge in [-0.2, -0.15) is 0 Å². The fourth-order valence-electron chi connectivity index (χ4n) is 1.99. The number of benzene rings is 1. The van der Waals surface area contributed by atoms with Crippen molar-refractivity contribution in [1.82, 2.24) is 4.98 Å². The topological polar surface area (TPSA) is 86.8 Å². The number of hydrogen-bond donors (Lipinski definition) is 1. The maximum absolute atomic E-state index is 11.8. The van der Waals surface area contributed by atoms with E-state index in [1.54, 1.807) is 24.4 Å². The Kier molecular flexibility index (Phi) is 5.92. The van der Waals surface area contributed by atoms with Crippen LogP contribution in [0.5, 0.6) is 5.75 Å². The third-order valence-corrected chi connectivity index (χ3v) is 4.69. The molecular weight excluding hydrogens is 374 g/mol. The van der Waals surface area contributed by atoms with Crippen LogP contribution in [0, 0.1) is 20.8 Å². The highest BCUT2D eigenvalue weighted by molar-refractivity contribution is 9.10. The number of nitrogens with two attached hydrogens (primary N) is 1. The molecule has 0 amide bonds. The van der Waals surface area contributed by atoms with Gasteiger partial charge in [-0.15, -0.1) is 0 Å². The fourth-order valence-corrected chi connectivity index (χ4v) is 2.40. The summed E-state index contributed by atoms with van der Waals surface area (Å²) in [5.74, 6) is 0.00814. The second-order valence-corrected chi connectivity index (χ2v) is 5.99. The average Bonchev–Trinajstić information content (AvgIpc) is 2.60. The first-order chi connectivity index (χ1) is 11.4. The highest BCUT2D eigenvalue weighted by Gasteiger charge is 2.12. The Labute approximate surface area is 148 Å². The average molecular weight is 392 g/mol. The van der Waals surface area contributed by atoms with Gasteiger partial charge < -0.3 is 15.3 Å². The standard InChI is InChI=1S/C17H18BrN3O3/c1-10-8-14(11(2)12(3)16(10)18)23-9-15(22)24-21-17(19)13-6-4-5-7-20-13/h4-8H,9H2,1-3H3,(H2,19,21). The maximum atomic E-state index is 11.8. The number of amidine groups is 1. The predicted octanol–water partition coefficient (Wildman–Crippen LogP) is 3.01. The van der Waals surface area contributed by atoms with Gasteiger partial charge in [0.15, 0.2) is 12.4 Å². The van der Waals surface area contributed by atoms with Gasteiger partial charge in [0, 0.05) is 10.7 Å². The number of oxime groups is 1. The zero-order chi connectivity index (χ0) is 17.7. The van der Waals surface area contributed by atoms with Crippen LogP contribution >= 0.6 is 15.9 Å². The molecule has 0 radical (unpaired) electrons. The molecule has 0 spiro atoms. The summed E-state index contributed by atoms with van der Waals surface area (Å²) in [7, 11) is 0. The van der Waals surface area contributed by atoms with Crippen LogP contribution in [0.1, 0.15) is 22.4 Å². The summed E-state index contributed by atoms with van der Waals surface area (Å²) in [5, 5.41) is 3.57. The van der Waals surface area contributed by atoms with E-state index in [2.05, 4.69) is 26.1 Å². The van der Waals surface area contributed by atoms with Crippen molar-refractivity contribution in [2.24, 2.45) is 10.9 Å². The number of carbonyl (C=O) groups is 1. The highest BCUT2D eigenvalue weighted by Crippen LogP contribution is 2.31. The van der Waals surface area contributed by atoms with Gasteiger partial charge >= 0.3 is 5.97 Å². The van der Waals surface area contributed by atoms with E-state index in [1.807, 2.05) is 26.8 Å². The van der Waals surface area contributed by atoms with Gasteiger partial charge in [0.05, 0.1) is 0 Å². The Morgan fingerprint density at radius 1 is 1.29 bits per heavy atom. The summed E-state index contributed by atoms with van der Waals surface area (Å²) in [6.07, 6.45) is 1.57. The van der Waals surface area contributed by atoms with Crippen LogP contribution in [0.25, 0.3) is 0 Å². The molecule has 1 heterocycles. The van der Waals surface area contributed by atoms with Crippen molar-refractivity contribution >= 4 is 27.7 Å². The van der Waals surface area contributed by atoms with Gasteiger partial charge in [0.1, 0.15) is 11.4 Å². The van der Waals surface area contributed by atoms with Crippen LogP contribution in [-0.2, 0) is 9.63 Å². The lowest BCUT2D eigenvalue weighted by molar-refractivity contribution is -0.146. The number of halogens is 1. The molecule has 6 nitrogen and oxygen atoms in total. The third kappa shape index (κ3) is 4.32. The Morgan fingerprint density at radius 2 is 2.04 bits per heavy atom. The largest absolute Gasteiger partial charge is 0.482 e. The molecule has 2 rings (SSSR count). The number of nitrogens with zero attached hydrogens (tertiary/aromatic N) is 2. The number of pyridine rings is 1. The molecule has 1 aromatic carbocycles. The lowest BCUT2D eigenvalue weighted by Gasteiger charge is -2.13. The summed E-state index contributed by atoms with van der Waals surface area (Å²) in [4.78, 5) is 20.5. The molecule has 0 saturated heterocycles. The van der Waals surface area contributed by atoms with Crippen molar-refractivity contribution in [3.8, 4) is 5.75 Å².